The predicted octanol–water partition coefficient (Wildman–Crippen LogP) is 3.74. The summed E-state index contributed by atoms with van der Waals surface area (Å²) in [6.07, 6.45) is -1.52. The largest absolute Gasteiger partial charge is 0.417 e. The van der Waals surface area contributed by atoms with Crippen LogP contribution in [0.2, 0.25) is 5.02 Å². The van der Waals surface area contributed by atoms with Crippen molar-refractivity contribution >= 4 is 27.1 Å². The Bertz CT molecular complexity index is 631. The van der Waals surface area contributed by atoms with Gasteiger partial charge in [0.1, 0.15) is 0 Å². The highest BCUT2D eigenvalue weighted by atomic mass is 35.5. The van der Waals surface area contributed by atoms with Gasteiger partial charge in [-0.15, -0.1) is 0 Å². The Hall–Kier alpha value is -0.950. The van der Waals surface area contributed by atoms with Crippen molar-refractivity contribution < 1.29 is 21.6 Å². The third-order valence-electron chi connectivity index (χ3n) is 3.63. The molecule has 1 saturated carbocycles. The van der Waals surface area contributed by atoms with Crippen molar-refractivity contribution in [3.63, 3.8) is 0 Å². The molecule has 0 amide bonds. The lowest BCUT2D eigenvalue weighted by Gasteiger charge is -2.21. The van der Waals surface area contributed by atoms with E-state index >= 15 is 0 Å². The first-order valence-electron chi connectivity index (χ1n) is 6.41. The Kier molecular flexibility index (Phi) is 4.44. The number of sulfone groups is 1. The zero-order valence-corrected chi connectivity index (χ0v) is 12.8. The molecule has 2 unspecified atom stereocenters. The molecule has 1 aliphatic rings. The maximum Gasteiger partial charge on any atom is 0.417 e. The molecule has 8 heteroatoms. The molecule has 1 aliphatic carbocycles. The Morgan fingerprint density at radius 2 is 1.95 bits per heavy atom. The maximum atomic E-state index is 12.8. The highest BCUT2D eigenvalue weighted by molar-refractivity contribution is 7.91. The van der Waals surface area contributed by atoms with Gasteiger partial charge in [-0.3, -0.25) is 0 Å². The average Bonchev–Trinajstić information content (AvgIpc) is 2.78. The zero-order valence-electron chi connectivity index (χ0n) is 11.2. The molecule has 21 heavy (non-hydrogen) atoms. The summed E-state index contributed by atoms with van der Waals surface area (Å²) in [5.74, 6) is 0. The summed E-state index contributed by atoms with van der Waals surface area (Å²) in [6.45, 7) is 0. The summed E-state index contributed by atoms with van der Waals surface area (Å²) in [5.41, 5.74) is -0.699. The van der Waals surface area contributed by atoms with E-state index in [-0.39, 0.29) is 16.8 Å². The second-order valence-electron chi connectivity index (χ2n) is 5.24. The van der Waals surface area contributed by atoms with Crippen LogP contribution in [0.25, 0.3) is 0 Å². The van der Waals surface area contributed by atoms with Crippen molar-refractivity contribution in [3.05, 3.63) is 28.8 Å². The molecule has 118 valence electrons. The van der Waals surface area contributed by atoms with Crippen LogP contribution in [-0.2, 0) is 16.0 Å². The predicted molar refractivity (Wildman–Crippen MR) is 76.3 cm³/mol. The monoisotopic (exact) mass is 341 g/mol. The van der Waals surface area contributed by atoms with Crippen molar-refractivity contribution in [3.8, 4) is 0 Å². The van der Waals surface area contributed by atoms with Crippen LogP contribution in [0, 0.1) is 0 Å². The number of hydrogen-bond acceptors (Lipinski definition) is 3. The summed E-state index contributed by atoms with van der Waals surface area (Å²) in [5, 5.41) is 1.96. The number of anilines is 1. The molecule has 1 N–H and O–H groups in total. The third-order valence-corrected chi connectivity index (χ3v) is 5.62. The molecular formula is C13H15ClF3NO2S. The molecule has 0 aromatic heterocycles. The van der Waals surface area contributed by atoms with E-state index < -0.39 is 26.8 Å². The molecule has 0 aliphatic heterocycles. The fraction of sp³-hybridized carbons (Fsp3) is 0.538. The Labute approximate surface area is 126 Å². The summed E-state index contributed by atoms with van der Waals surface area (Å²) in [7, 11) is -3.23. The summed E-state index contributed by atoms with van der Waals surface area (Å²) in [6, 6.07) is 3.13. The van der Waals surface area contributed by atoms with E-state index in [0.29, 0.717) is 12.8 Å². The summed E-state index contributed by atoms with van der Waals surface area (Å²) < 4.78 is 61.7. The molecular weight excluding hydrogens is 327 g/mol. The second-order valence-corrected chi connectivity index (χ2v) is 7.91. The Morgan fingerprint density at radius 3 is 2.52 bits per heavy atom. The third kappa shape index (κ3) is 3.83. The first-order valence-corrected chi connectivity index (χ1v) is 8.74. The standard InChI is InChI=1S/C13H15ClF3NO2S/c1-21(19,20)12-4-2-3-11(12)18-8-5-6-10(14)9(7-8)13(15,16)17/h5-7,11-12,18H,2-4H2,1H3. The van der Waals surface area contributed by atoms with Crippen LogP contribution in [0.5, 0.6) is 0 Å². The lowest BCUT2D eigenvalue weighted by Crippen LogP contribution is -2.34. The van der Waals surface area contributed by atoms with E-state index in [2.05, 4.69) is 5.32 Å². The van der Waals surface area contributed by atoms with Crippen molar-refractivity contribution in [2.24, 2.45) is 0 Å². The number of hydrogen-bond donors (Lipinski definition) is 1. The lowest BCUT2D eigenvalue weighted by atomic mass is 10.1. The summed E-state index contributed by atoms with van der Waals surface area (Å²) in [4.78, 5) is 0. The maximum absolute atomic E-state index is 12.8. The van der Waals surface area contributed by atoms with Crippen molar-refractivity contribution in [1.29, 1.82) is 0 Å². The first kappa shape index (κ1) is 16.4. The van der Waals surface area contributed by atoms with Gasteiger partial charge in [-0.05, 0) is 37.5 Å². The quantitative estimate of drug-likeness (QED) is 0.911. The fourth-order valence-corrected chi connectivity index (χ4v) is 4.27. The molecule has 0 spiro atoms. The molecule has 0 bridgehead atoms. The Balaban J connectivity index is 2.24. The average molecular weight is 342 g/mol. The van der Waals surface area contributed by atoms with E-state index in [9.17, 15) is 21.6 Å². The number of rotatable bonds is 3. The summed E-state index contributed by atoms with van der Waals surface area (Å²) >= 11 is 5.56. The van der Waals surface area contributed by atoms with Gasteiger partial charge < -0.3 is 5.32 Å². The number of alkyl halides is 3. The van der Waals surface area contributed by atoms with Crippen molar-refractivity contribution in [2.75, 3.05) is 11.6 Å². The van der Waals surface area contributed by atoms with Crippen molar-refractivity contribution in [2.45, 2.75) is 36.7 Å². The molecule has 2 atom stereocenters. The first-order chi connectivity index (χ1) is 9.59. The lowest BCUT2D eigenvalue weighted by molar-refractivity contribution is -0.137. The van der Waals surface area contributed by atoms with Crippen LogP contribution in [-0.4, -0.2) is 26.0 Å². The van der Waals surface area contributed by atoms with Gasteiger partial charge in [-0.1, -0.05) is 11.6 Å². The minimum Gasteiger partial charge on any atom is -0.381 e. The number of halogens is 4. The van der Waals surface area contributed by atoms with Crippen LogP contribution >= 0.6 is 11.6 Å². The minimum absolute atomic E-state index is 0.229. The van der Waals surface area contributed by atoms with Gasteiger partial charge in [0, 0.05) is 18.0 Å². The van der Waals surface area contributed by atoms with Gasteiger partial charge in [0.25, 0.3) is 0 Å². The topological polar surface area (TPSA) is 46.2 Å². The smallest absolute Gasteiger partial charge is 0.381 e. The number of nitrogens with one attached hydrogen (secondary N) is 1. The van der Waals surface area contributed by atoms with Gasteiger partial charge in [-0.25, -0.2) is 8.42 Å². The molecule has 2 rings (SSSR count). The second kappa shape index (κ2) is 5.68. The molecule has 1 aromatic rings. The van der Waals surface area contributed by atoms with Crippen molar-refractivity contribution in [1.82, 2.24) is 0 Å². The molecule has 1 aromatic carbocycles. The minimum atomic E-state index is -4.54. The van der Waals surface area contributed by atoms with E-state index in [1.54, 1.807) is 0 Å². The molecule has 0 heterocycles. The number of benzene rings is 1. The molecule has 3 nitrogen and oxygen atoms in total. The van der Waals surface area contributed by atoms with Gasteiger partial charge in [0.15, 0.2) is 9.84 Å². The van der Waals surface area contributed by atoms with Gasteiger partial charge in [0.2, 0.25) is 0 Å². The van der Waals surface area contributed by atoms with E-state index in [4.69, 9.17) is 11.6 Å². The van der Waals surface area contributed by atoms with Crippen LogP contribution in [0.4, 0.5) is 18.9 Å². The zero-order chi connectivity index (χ0) is 15.8. The molecule has 0 radical (unpaired) electrons. The van der Waals surface area contributed by atoms with Crippen LogP contribution in [0.3, 0.4) is 0 Å². The molecule has 1 fully saturated rings. The van der Waals surface area contributed by atoms with Gasteiger partial charge in [-0.2, -0.15) is 13.2 Å². The SMILES string of the molecule is CS(=O)(=O)C1CCCC1Nc1ccc(Cl)c(C(F)(F)F)c1. The van der Waals surface area contributed by atoms with E-state index in [1.807, 2.05) is 0 Å². The van der Waals surface area contributed by atoms with E-state index in [1.165, 1.54) is 6.07 Å². The van der Waals surface area contributed by atoms with Crippen LogP contribution in [0.15, 0.2) is 18.2 Å². The van der Waals surface area contributed by atoms with E-state index in [0.717, 1.165) is 24.8 Å². The molecule has 0 saturated heterocycles. The normalized spacial score (nSPS) is 23.3. The van der Waals surface area contributed by atoms with Crippen LogP contribution < -0.4 is 5.32 Å². The fourth-order valence-electron chi connectivity index (χ4n) is 2.65. The Morgan fingerprint density at radius 1 is 1.29 bits per heavy atom. The van der Waals surface area contributed by atoms with Crippen LogP contribution in [0.1, 0.15) is 24.8 Å². The van der Waals surface area contributed by atoms with Gasteiger partial charge >= 0.3 is 6.18 Å². The highest BCUT2D eigenvalue weighted by Gasteiger charge is 2.36. The highest BCUT2D eigenvalue weighted by Crippen LogP contribution is 2.37. The van der Waals surface area contributed by atoms with Gasteiger partial charge in [0.05, 0.1) is 15.8 Å².